The second-order valence-electron chi connectivity index (χ2n) is 5.13. The van der Waals surface area contributed by atoms with Crippen LogP contribution in [0.2, 0.25) is 0 Å². The summed E-state index contributed by atoms with van der Waals surface area (Å²) in [5, 5.41) is 6.65. The minimum absolute atomic E-state index is 0.676. The highest BCUT2D eigenvalue weighted by Gasteiger charge is 2.03. The summed E-state index contributed by atoms with van der Waals surface area (Å²) in [5.41, 5.74) is 2.94. The van der Waals surface area contributed by atoms with Crippen LogP contribution in [0, 0.1) is 6.92 Å². The molecular weight excluding hydrogens is 298 g/mol. The monoisotopic (exact) mass is 327 g/mol. The molecule has 0 saturated carbocycles. The maximum absolute atomic E-state index is 5.07. The molecule has 22 heavy (non-hydrogen) atoms. The number of nitrogens with one attached hydrogen (secondary N) is 2. The lowest BCUT2D eigenvalue weighted by atomic mass is 10.4. The Labute approximate surface area is 138 Å². The van der Waals surface area contributed by atoms with Gasteiger partial charge in [0.25, 0.3) is 0 Å². The summed E-state index contributed by atoms with van der Waals surface area (Å²) < 4.78 is 5.07. The van der Waals surface area contributed by atoms with E-state index in [9.17, 15) is 0 Å². The van der Waals surface area contributed by atoms with Crippen LogP contribution >= 0.6 is 11.3 Å². The van der Waals surface area contributed by atoms with Gasteiger partial charge in [0.05, 0.1) is 17.7 Å². The molecule has 0 radical (unpaired) electrons. The van der Waals surface area contributed by atoms with Gasteiger partial charge in [-0.2, -0.15) is 0 Å². The van der Waals surface area contributed by atoms with Crippen LogP contribution in [0.1, 0.15) is 23.9 Å². The smallest absolute Gasteiger partial charge is 0.191 e. The Morgan fingerprint density at radius 3 is 2.86 bits per heavy atom. The lowest BCUT2D eigenvalue weighted by Gasteiger charge is -2.18. The van der Waals surface area contributed by atoms with E-state index in [4.69, 9.17) is 4.74 Å². The van der Waals surface area contributed by atoms with Crippen LogP contribution in [0.15, 0.2) is 10.5 Å². The summed E-state index contributed by atoms with van der Waals surface area (Å²) in [7, 11) is 3.87. The van der Waals surface area contributed by atoms with Gasteiger partial charge in [-0.25, -0.2) is 9.98 Å². The maximum Gasteiger partial charge on any atom is 0.191 e. The highest BCUT2D eigenvalue weighted by molar-refractivity contribution is 7.09. The Hall–Kier alpha value is -1.18. The number of thiazole rings is 1. The van der Waals surface area contributed by atoms with Crippen LogP contribution in [-0.4, -0.2) is 62.8 Å². The van der Waals surface area contributed by atoms with E-state index in [1.54, 1.807) is 18.4 Å². The molecule has 0 atom stereocenters. The second kappa shape index (κ2) is 11.4. The third-order valence-corrected chi connectivity index (χ3v) is 4.16. The van der Waals surface area contributed by atoms with Gasteiger partial charge in [-0.05, 0) is 27.3 Å². The number of hydrogen-bond donors (Lipinski definition) is 2. The third kappa shape index (κ3) is 7.72. The summed E-state index contributed by atoms with van der Waals surface area (Å²) >= 11 is 1.66. The molecule has 0 saturated heterocycles. The van der Waals surface area contributed by atoms with Crippen LogP contribution < -0.4 is 10.6 Å². The predicted octanol–water partition coefficient (Wildman–Crippen LogP) is 1.47. The molecule has 0 aliphatic carbocycles. The molecule has 6 nitrogen and oxygen atoms in total. The Balaban J connectivity index is 2.32. The van der Waals surface area contributed by atoms with E-state index in [1.807, 2.05) is 12.4 Å². The fourth-order valence-electron chi connectivity index (χ4n) is 1.93. The van der Waals surface area contributed by atoms with E-state index < -0.39 is 0 Å². The van der Waals surface area contributed by atoms with Crippen molar-refractivity contribution in [3.05, 3.63) is 16.1 Å². The molecule has 0 aliphatic heterocycles. The number of rotatable bonds is 10. The molecule has 126 valence electrons. The van der Waals surface area contributed by atoms with Crippen molar-refractivity contribution < 1.29 is 4.74 Å². The molecule has 0 amide bonds. The fourth-order valence-corrected chi connectivity index (χ4v) is 2.63. The fraction of sp³-hybridized carbons (Fsp3) is 0.733. The molecule has 0 aromatic carbocycles. The number of guanidine groups is 1. The second-order valence-corrected chi connectivity index (χ2v) is 6.07. The van der Waals surface area contributed by atoms with Crippen molar-refractivity contribution in [1.82, 2.24) is 20.5 Å². The van der Waals surface area contributed by atoms with Gasteiger partial charge in [-0.15, -0.1) is 11.3 Å². The van der Waals surface area contributed by atoms with E-state index in [1.165, 1.54) is 4.88 Å². The molecule has 0 fully saturated rings. The summed E-state index contributed by atoms with van der Waals surface area (Å²) in [6, 6.07) is 0. The number of hydrogen-bond acceptors (Lipinski definition) is 5. The van der Waals surface area contributed by atoms with E-state index in [-0.39, 0.29) is 0 Å². The van der Waals surface area contributed by atoms with Crippen molar-refractivity contribution in [3.63, 3.8) is 0 Å². The molecule has 0 unspecified atom stereocenters. The number of aliphatic imine (C=N–C) groups is 1. The largest absolute Gasteiger partial charge is 0.385 e. The van der Waals surface area contributed by atoms with Crippen molar-refractivity contribution in [1.29, 1.82) is 0 Å². The molecule has 0 spiro atoms. The topological polar surface area (TPSA) is 61.8 Å². The molecule has 1 aromatic heterocycles. The van der Waals surface area contributed by atoms with E-state index in [2.05, 4.69) is 39.5 Å². The van der Waals surface area contributed by atoms with Crippen molar-refractivity contribution in [2.24, 2.45) is 4.99 Å². The van der Waals surface area contributed by atoms with E-state index in [0.717, 1.165) is 50.9 Å². The van der Waals surface area contributed by atoms with Gasteiger partial charge in [0.15, 0.2) is 5.96 Å². The molecular formula is C15H29N5OS. The van der Waals surface area contributed by atoms with Gasteiger partial charge in [0, 0.05) is 44.8 Å². The van der Waals surface area contributed by atoms with Crippen molar-refractivity contribution in [2.45, 2.75) is 26.8 Å². The molecule has 1 rings (SSSR count). The zero-order chi connectivity index (χ0) is 16.2. The number of aryl methyl sites for hydroxylation is 1. The number of likely N-dealkylation sites (N-methyl/N-ethyl adjacent to an activating group) is 1. The van der Waals surface area contributed by atoms with Crippen LogP contribution in [0.3, 0.4) is 0 Å². The Kier molecular flexibility index (Phi) is 9.77. The van der Waals surface area contributed by atoms with Gasteiger partial charge in [0.2, 0.25) is 0 Å². The van der Waals surface area contributed by atoms with E-state index in [0.29, 0.717) is 6.54 Å². The number of ether oxygens (including phenoxy) is 1. The minimum atomic E-state index is 0.676. The van der Waals surface area contributed by atoms with Gasteiger partial charge < -0.3 is 20.3 Å². The Bertz CT molecular complexity index is 435. The Morgan fingerprint density at radius 1 is 1.41 bits per heavy atom. The van der Waals surface area contributed by atoms with Gasteiger partial charge >= 0.3 is 0 Å². The molecule has 1 aromatic rings. The quantitative estimate of drug-likeness (QED) is 0.387. The number of aromatic nitrogens is 1. The number of nitrogens with zero attached hydrogens (tertiary/aromatic N) is 3. The molecule has 0 bridgehead atoms. The molecule has 7 heteroatoms. The summed E-state index contributed by atoms with van der Waals surface area (Å²) in [5.74, 6) is 0.862. The zero-order valence-electron chi connectivity index (χ0n) is 14.2. The van der Waals surface area contributed by atoms with Gasteiger partial charge in [-0.3, -0.25) is 0 Å². The van der Waals surface area contributed by atoms with Crippen molar-refractivity contribution in [3.8, 4) is 0 Å². The Morgan fingerprint density at radius 2 is 2.23 bits per heavy atom. The molecule has 0 aliphatic rings. The summed E-state index contributed by atoms with van der Waals surface area (Å²) in [6.07, 6.45) is 1.06. The first kappa shape index (κ1) is 18.9. The van der Waals surface area contributed by atoms with Crippen molar-refractivity contribution in [2.75, 3.05) is 46.9 Å². The predicted molar refractivity (Wildman–Crippen MR) is 93.7 cm³/mol. The highest BCUT2D eigenvalue weighted by atomic mass is 32.1. The number of methoxy groups -OCH3 is 1. The third-order valence-electron chi connectivity index (χ3n) is 3.24. The normalized spacial score (nSPS) is 12.0. The van der Waals surface area contributed by atoms with Crippen molar-refractivity contribution >= 4 is 17.3 Å². The lowest BCUT2D eigenvalue weighted by Crippen LogP contribution is -2.41. The zero-order valence-corrected chi connectivity index (χ0v) is 15.0. The van der Waals surface area contributed by atoms with Crippen LogP contribution in [-0.2, 0) is 11.3 Å². The minimum Gasteiger partial charge on any atom is -0.385 e. The van der Waals surface area contributed by atoms with Gasteiger partial charge in [-0.1, -0.05) is 0 Å². The van der Waals surface area contributed by atoms with Crippen LogP contribution in [0.25, 0.3) is 0 Å². The molecule has 2 N–H and O–H groups in total. The molecule has 1 heterocycles. The highest BCUT2D eigenvalue weighted by Crippen LogP contribution is 2.12. The van der Waals surface area contributed by atoms with Crippen LogP contribution in [0.4, 0.5) is 0 Å². The first-order valence-electron chi connectivity index (χ1n) is 7.76. The van der Waals surface area contributed by atoms with Crippen LogP contribution in [0.5, 0.6) is 0 Å². The van der Waals surface area contributed by atoms with Gasteiger partial charge in [0.1, 0.15) is 0 Å². The maximum atomic E-state index is 5.07. The average molecular weight is 327 g/mol. The first-order chi connectivity index (χ1) is 10.7. The summed E-state index contributed by atoms with van der Waals surface area (Å²) in [6.45, 7) is 9.35. The lowest BCUT2D eigenvalue weighted by molar-refractivity contribution is 0.180. The first-order valence-corrected chi connectivity index (χ1v) is 8.64. The SMILES string of the molecule is CCNC(=NCc1scnc1C)NCCN(C)CCCOC. The summed E-state index contributed by atoms with van der Waals surface area (Å²) in [4.78, 5) is 12.4. The average Bonchev–Trinajstić information content (AvgIpc) is 2.90. The standard InChI is InChI=1S/C15H29N5OS/c1-5-16-15(18-11-14-13(2)19-12-22-14)17-7-9-20(3)8-6-10-21-4/h12H,5-11H2,1-4H3,(H2,16,17,18). The van der Waals surface area contributed by atoms with E-state index >= 15 is 0 Å².